The van der Waals surface area contributed by atoms with E-state index in [2.05, 4.69) is 11.8 Å². The summed E-state index contributed by atoms with van der Waals surface area (Å²) in [5.74, 6) is 0.980. The van der Waals surface area contributed by atoms with E-state index in [9.17, 15) is 0 Å². The number of nitrogens with zero attached hydrogens (tertiary/aromatic N) is 1. The van der Waals surface area contributed by atoms with Gasteiger partial charge in [0.1, 0.15) is 12.4 Å². The van der Waals surface area contributed by atoms with E-state index in [1.165, 1.54) is 50.6 Å². The molecule has 0 amide bonds. The zero-order valence-electron chi connectivity index (χ0n) is 12.7. The fourth-order valence-electron chi connectivity index (χ4n) is 2.78. The molecule has 1 heterocycles. The van der Waals surface area contributed by atoms with Crippen molar-refractivity contribution in [1.29, 1.82) is 0 Å². The van der Waals surface area contributed by atoms with Crippen molar-refractivity contribution in [2.75, 3.05) is 30.3 Å². The van der Waals surface area contributed by atoms with Crippen LogP contribution in [0, 0.1) is 0 Å². The van der Waals surface area contributed by atoms with Gasteiger partial charge in [0.05, 0.1) is 12.2 Å². The molecule has 3 heteroatoms. The van der Waals surface area contributed by atoms with Crippen LogP contribution in [0.15, 0.2) is 18.2 Å². The summed E-state index contributed by atoms with van der Waals surface area (Å²) in [7, 11) is 0. The molecule has 112 valence electrons. The molecule has 3 nitrogen and oxygen atoms in total. The summed E-state index contributed by atoms with van der Waals surface area (Å²) in [4.78, 5) is 2.42. The average molecular weight is 276 g/mol. The van der Waals surface area contributed by atoms with Crippen molar-refractivity contribution in [3.05, 3.63) is 18.2 Å². The van der Waals surface area contributed by atoms with Crippen LogP contribution in [0.3, 0.4) is 0 Å². The van der Waals surface area contributed by atoms with Crippen LogP contribution in [0.25, 0.3) is 0 Å². The van der Waals surface area contributed by atoms with E-state index in [0.29, 0.717) is 0 Å². The van der Waals surface area contributed by atoms with Gasteiger partial charge in [0.15, 0.2) is 0 Å². The molecule has 0 aliphatic carbocycles. The summed E-state index contributed by atoms with van der Waals surface area (Å²) in [6.45, 7) is 5.15. The molecular formula is C17H28N2O. The fourth-order valence-corrected chi connectivity index (χ4v) is 2.78. The molecule has 0 bridgehead atoms. The topological polar surface area (TPSA) is 38.5 Å². The van der Waals surface area contributed by atoms with E-state index >= 15 is 0 Å². The second-order valence-corrected chi connectivity index (χ2v) is 5.68. The Morgan fingerprint density at radius 1 is 1.10 bits per heavy atom. The third kappa shape index (κ3) is 4.32. The second kappa shape index (κ2) is 8.03. The number of ether oxygens (including phenoxy) is 1. The van der Waals surface area contributed by atoms with Gasteiger partial charge in [-0.2, -0.15) is 0 Å². The minimum atomic E-state index is 0.785. The number of nitrogen functional groups attached to an aromatic ring is 1. The molecule has 0 saturated carbocycles. The maximum absolute atomic E-state index is 5.88. The number of benzene rings is 1. The predicted molar refractivity (Wildman–Crippen MR) is 86.6 cm³/mol. The van der Waals surface area contributed by atoms with Gasteiger partial charge in [-0.15, -0.1) is 0 Å². The highest BCUT2D eigenvalue weighted by atomic mass is 16.5. The van der Waals surface area contributed by atoms with Crippen LogP contribution >= 0.6 is 0 Å². The first kappa shape index (κ1) is 15.0. The van der Waals surface area contributed by atoms with Crippen molar-refractivity contribution in [3.63, 3.8) is 0 Å². The molecule has 1 aromatic rings. The molecule has 0 atom stereocenters. The van der Waals surface area contributed by atoms with E-state index in [-0.39, 0.29) is 0 Å². The van der Waals surface area contributed by atoms with Gasteiger partial charge in [-0.05, 0) is 24.6 Å². The van der Waals surface area contributed by atoms with Crippen molar-refractivity contribution in [1.82, 2.24) is 0 Å². The summed E-state index contributed by atoms with van der Waals surface area (Å²) < 4.78 is 5.68. The first-order valence-electron chi connectivity index (χ1n) is 8.08. The molecule has 2 N–H and O–H groups in total. The molecule has 1 aliphatic heterocycles. The van der Waals surface area contributed by atoms with Gasteiger partial charge >= 0.3 is 0 Å². The number of nitrogens with two attached hydrogens (primary N) is 1. The molecule has 0 saturated heterocycles. The van der Waals surface area contributed by atoms with Gasteiger partial charge in [0.2, 0.25) is 0 Å². The SMILES string of the molecule is CCCCCCCCCN1CCOc2ccc(N)cc21. The zero-order valence-corrected chi connectivity index (χ0v) is 12.7. The van der Waals surface area contributed by atoms with Gasteiger partial charge in [-0.25, -0.2) is 0 Å². The van der Waals surface area contributed by atoms with Crippen LogP contribution in [0.4, 0.5) is 11.4 Å². The summed E-state index contributed by atoms with van der Waals surface area (Å²) >= 11 is 0. The number of unbranched alkanes of at least 4 members (excludes halogenated alkanes) is 6. The van der Waals surface area contributed by atoms with Crippen molar-refractivity contribution < 1.29 is 4.74 Å². The summed E-state index contributed by atoms with van der Waals surface area (Å²) in [5.41, 5.74) is 7.87. The minimum Gasteiger partial charge on any atom is -0.490 e. The van der Waals surface area contributed by atoms with Crippen LogP contribution in [-0.4, -0.2) is 19.7 Å². The number of hydrogen-bond acceptors (Lipinski definition) is 3. The van der Waals surface area contributed by atoms with Crippen molar-refractivity contribution in [3.8, 4) is 5.75 Å². The van der Waals surface area contributed by atoms with Crippen LogP contribution in [0.2, 0.25) is 0 Å². The Kier molecular flexibility index (Phi) is 6.03. The van der Waals surface area contributed by atoms with Crippen LogP contribution in [-0.2, 0) is 0 Å². The monoisotopic (exact) mass is 276 g/mol. The number of rotatable bonds is 8. The third-order valence-electron chi connectivity index (χ3n) is 3.97. The summed E-state index contributed by atoms with van der Waals surface area (Å²) in [6.07, 6.45) is 9.46. The third-order valence-corrected chi connectivity index (χ3v) is 3.97. The van der Waals surface area contributed by atoms with Crippen molar-refractivity contribution >= 4 is 11.4 Å². The molecule has 0 spiro atoms. The molecule has 0 radical (unpaired) electrons. The van der Waals surface area contributed by atoms with Crippen LogP contribution in [0.5, 0.6) is 5.75 Å². The van der Waals surface area contributed by atoms with Gasteiger partial charge in [0.25, 0.3) is 0 Å². The van der Waals surface area contributed by atoms with Crippen molar-refractivity contribution in [2.45, 2.75) is 51.9 Å². The molecule has 0 fully saturated rings. The first-order chi connectivity index (χ1) is 9.81. The summed E-state index contributed by atoms with van der Waals surface area (Å²) in [5, 5.41) is 0. The van der Waals surface area contributed by atoms with E-state index in [1.54, 1.807) is 0 Å². The van der Waals surface area contributed by atoms with Gasteiger partial charge in [0, 0.05) is 12.2 Å². The molecular weight excluding hydrogens is 248 g/mol. The molecule has 1 aromatic carbocycles. The van der Waals surface area contributed by atoms with E-state index in [4.69, 9.17) is 10.5 Å². The van der Waals surface area contributed by atoms with E-state index in [0.717, 1.165) is 31.1 Å². The lowest BCUT2D eigenvalue weighted by Crippen LogP contribution is -2.33. The molecule has 0 aromatic heterocycles. The Bertz CT molecular complexity index is 406. The number of hydrogen-bond donors (Lipinski definition) is 1. The van der Waals surface area contributed by atoms with Crippen molar-refractivity contribution in [2.24, 2.45) is 0 Å². The highest BCUT2D eigenvalue weighted by molar-refractivity contribution is 5.65. The Balaban J connectivity index is 1.73. The van der Waals surface area contributed by atoms with Crippen LogP contribution in [0.1, 0.15) is 51.9 Å². The summed E-state index contributed by atoms with van der Waals surface area (Å²) in [6, 6.07) is 5.94. The largest absolute Gasteiger partial charge is 0.490 e. The first-order valence-corrected chi connectivity index (χ1v) is 8.08. The zero-order chi connectivity index (χ0) is 14.2. The van der Waals surface area contributed by atoms with Crippen LogP contribution < -0.4 is 15.4 Å². The van der Waals surface area contributed by atoms with Gasteiger partial charge in [-0.1, -0.05) is 45.4 Å². The lowest BCUT2D eigenvalue weighted by atomic mass is 10.1. The second-order valence-electron chi connectivity index (χ2n) is 5.68. The molecule has 1 aliphatic rings. The molecule has 2 rings (SSSR count). The van der Waals surface area contributed by atoms with Gasteiger partial charge < -0.3 is 15.4 Å². The smallest absolute Gasteiger partial charge is 0.142 e. The Morgan fingerprint density at radius 2 is 1.85 bits per heavy atom. The maximum atomic E-state index is 5.88. The predicted octanol–water partition coefficient (Wildman–Crippen LogP) is 4.22. The Labute approximate surface area is 123 Å². The Morgan fingerprint density at radius 3 is 2.65 bits per heavy atom. The highest BCUT2D eigenvalue weighted by Gasteiger charge is 2.17. The number of fused-ring (bicyclic) bond motifs is 1. The lowest BCUT2D eigenvalue weighted by Gasteiger charge is -2.31. The normalized spacial score (nSPS) is 13.9. The lowest BCUT2D eigenvalue weighted by molar-refractivity contribution is 0.307. The standard InChI is InChI=1S/C17H28N2O/c1-2-3-4-5-6-7-8-11-19-12-13-20-17-10-9-15(18)14-16(17)19/h9-10,14H,2-8,11-13,18H2,1H3. The van der Waals surface area contributed by atoms with Gasteiger partial charge in [-0.3, -0.25) is 0 Å². The average Bonchev–Trinajstić information content (AvgIpc) is 2.46. The molecule has 20 heavy (non-hydrogen) atoms. The van der Waals surface area contributed by atoms with E-state index < -0.39 is 0 Å². The maximum Gasteiger partial charge on any atom is 0.142 e. The number of anilines is 2. The van der Waals surface area contributed by atoms with E-state index in [1.807, 2.05) is 18.2 Å². The fraction of sp³-hybridized carbons (Fsp3) is 0.647. The highest BCUT2D eigenvalue weighted by Crippen LogP contribution is 2.33. The Hall–Kier alpha value is -1.38. The molecule has 0 unspecified atom stereocenters. The quantitative estimate of drug-likeness (QED) is 0.571. The minimum absolute atomic E-state index is 0.785.